The quantitative estimate of drug-likeness (QED) is 0.749. The lowest BCUT2D eigenvalue weighted by Gasteiger charge is -2.24. The summed E-state index contributed by atoms with van der Waals surface area (Å²) in [5, 5.41) is 2.97. The molecule has 2 aromatic carbocycles. The smallest absolute Gasteiger partial charge is 0.244 e. The molecular weight excluding hydrogens is 312 g/mol. The highest BCUT2D eigenvalue weighted by molar-refractivity contribution is 5.91. The molecule has 1 amide bonds. The molecule has 1 unspecified atom stereocenters. The Balaban J connectivity index is 1.90. The molecule has 0 saturated carbocycles. The zero-order valence-corrected chi connectivity index (χ0v) is 15.1. The molecule has 0 aliphatic heterocycles. The van der Waals surface area contributed by atoms with Crippen LogP contribution in [0.25, 0.3) is 6.08 Å². The van der Waals surface area contributed by atoms with Crippen LogP contribution in [0, 0.1) is 0 Å². The third-order valence-corrected chi connectivity index (χ3v) is 3.90. The van der Waals surface area contributed by atoms with Crippen LogP contribution < -0.4 is 10.1 Å². The van der Waals surface area contributed by atoms with Crippen molar-refractivity contribution >= 4 is 12.0 Å². The highest BCUT2D eigenvalue weighted by Crippen LogP contribution is 2.17. The van der Waals surface area contributed by atoms with Gasteiger partial charge in [0, 0.05) is 12.6 Å². The number of nitrogens with one attached hydrogen (secondary N) is 1. The predicted molar refractivity (Wildman–Crippen MR) is 103 cm³/mol. The first-order valence-electron chi connectivity index (χ1n) is 8.50. The van der Waals surface area contributed by atoms with Gasteiger partial charge in [-0.05, 0) is 50.4 Å². The zero-order valence-electron chi connectivity index (χ0n) is 15.1. The van der Waals surface area contributed by atoms with Gasteiger partial charge in [-0.3, -0.25) is 4.79 Å². The van der Waals surface area contributed by atoms with Crippen molar-refractivity contribution in [2.24, 2.45) is 0 Å². The number of hydrogen-bond acceptors (Lipinski definition) is 3. The van der Waals surface area contributed by atoms with Crippen molar-refractivity contribution in [1.29, 1.82) is 0 Å². The largest absolute Gasteiger partial charge is 0.494 e. The maximum absolute atomic E-state index is 12.1. The Morgan fingerprint density at radius 2 is 1.80 bits per heavy atom. The van der Waals surface area contributed by atoms with Gasteiger partial charge in [-0.2, -0.15) is 0 Å². The molecule has 0 saturated heterocycles. The van der Waals surface area contributed by atoms with Gasteiger partial charge < -0.3 is 15.0 Å². The number of rotatable bonds is 8. The molecule has 0 spiro atoms. The molecule has 0 bridgehead atoms. The average Bonchev–Trinajstić information content (AvgIpc) is 2.62. The predicted octanol–water partition coefficient (Wildman–Crippen LogP) is 3.52. The lowest BCUT2D eigenvalue weighted by atomic mass is 10.1. The first-order chi connectivity index (χ1) is 12.1. The highest BCUT2D eigenvalue weighted by Gasteiger charge is 2.14. The molecule has 4 nitrogen and oxygen atoms in total. The number of likely N-dealkylation sites (N-methyl/N-ethyl adjacent to an activating group) is 1. The van der Waals surface area contributed by atoms with E-state index in [4.69, 9.17) is 4.74 Å². The summed E-state index contributed by atoms with van der Waals surface area (Å²) in [6, 6.07) is 18.0. The van der Waals surface area contributed by atoms with Gasteiger partial charge in [0.1, 0.15) is 5.75 Å². The van der Waals surface area contributed by atoms with E-state index in [1.54, 1.807) is 12.2 Å². The van der Waals surface area contributed by atoms with E-state index in [0.29, 0.717) is 13.2 Å². The molecule has 0 heterocycles. The summed E-state index contributed by atoms with van der Waals surface area (Å²) < 4.78 is 5.41. The third kappa shape index (κ3) is 6.08. The number of nitrogens with zero attached hydrogens (tertiary/aromatic N) is 1. The second kappa shape index (κ2) is 9.64. The van der Waals surface area contributed by atoms with Gasteiger partial charge in [-0.25, -0.2) is 0 Å². The Hall–Kier alpha value is -2.59. The molecule has 25 heavy (non-hydrogen) atoms. The van der Waals surface area contributed by atoms with Crippen molar-refractivity contribution in [2.45, 2.75) is 13.0 Å². The number of ether oxygens (including phenoxy) is 1. The minimum absolute atomic E-state index is 0.100. The second-order valence-corrected chi connectivity index (χ2v) is 5.97. The van der Waals surface area contributed by atoms with E-state index in [1.165, 1.54) is 5.56 Å². The fourth-order valence-corrected chi connectivity index (χ4v) is 2.54. The normalized spacial score (nSPS) is 12.3. The topological polar surface area (TPSA) is 41.6 Å². The first-order valence-corrected chi connectivity index (χ1v) is 8.50. The minimum Gasteiger partial charge on any atom is -0.494 e. The first kappa shape index (κ1) is 18.7. The van der Waals surface area contributed by atoms with Crippen molar-refractivity contribution in [1.82, 2.24) is 10.2 Å². The van der Waals surface area contributed by atoms with Crippen LogP contribution in [0.1, 0.15) is 24.1 Å². The summed E-state index contributed by atoms with van der Waals surface area (Å²) in [5.74, 6) is 0.734. The summed E-state index contributed by atoms with van der Waals surface area (Å²) in [6.07, 6.45) is 3.37. The Bertz CT molecular complexity index is 679. The molecule has 1 N–H and O–H groups in total. The van der Waals surface area contributed by atoms with Crippen molar-refractivity contribution < 1.29 is 9.53 Å². The van der Waals surface area contributed by atoms with Crippen LogP contribution in [0.5, 0.6) is 5.75 Å². The van der Waals surface area contributed by atoms with Crippen LogP contribution >= 0.6 is 0 Å². The van der Waals surface area contributed by atoms with Crippen LogP contribution in [-0.4, -0.2) is 38.1 Å². The lowest BCUT2D eigenvalue weighted by Crippen LogP contribution is -2.33. The van der Waals surface area contributed by atoms with Crippen LogP contribution in [0.2, 0.25) is 0 Å². The van der Waals surface area contributed by atoms with Crippen molar-refractivity contribution in [3.63, 3.8) is 0 Å². The summed E-state index contributed by atoms with van der Waals surface area (Å²) in [5.41, 5.74) is 2.15. The van der Waals surface area contributed by atoms with E-state index in [-0.39, 0.29) is 11.9 Å². The molecule has 0 aromatic heterocycles. The Morgan fingerprint density at radius 1 is 1.12 bits per heavy atom. The summed E-state index contributed by atoms with van der Waals surface area (Å²) in [4.78, 5) is 14.2. The van der Waals surface area contributed by atoms with Gasteiger partial charge in [0.25, 0.3) is 0 Å². The van der Waals surface area contributed by atoms with Crippen molar-refractivity contribution in [2.75, 3.05) is 27.2 Å². The second-order valence-electron chi connectivity index (χ2n) is 5.97. The van der Waals surface area contributed by atoms with Gasteiger partial charge in [0.15, 0.2) is 0 Å². The van der Waals surface area contributed by atoms with Gasteiger partial charge in [0.05, 0.1) is 12.6 Å². The molecule has 0 aliphatic carbocycles. The molecule has 132 valence electrons. The van der Waals surface area contributed by atoms with Crippen LogP contribution in [-0.2, 0) is 4.79 Å². The van der Waals surface area contributed by atoms with Gasteiger partial charge in [-0.15, -0.1) is 0 Å². The van der Waals surface area contributed by atoms with Crippen molar-refractivity contribution in [3.05, 3.63) is 71.8 Å². The fraction of sp³-hybridized carbons (Fsp3) is 0.286. The number of carbonyl (C=O) groups is 1. The van der Waals surface area contributed by atoms with Crippen LogP contribution in [0.15, 0.2) is 60.7 Å². The van der Waals surface area contributed by atoms with E-state index >= 15 is 0 Å². The number of hydrogen-bond donors (Lipinski definition) is 1. The molecule has 0 fully saturated rings. The molecule has 2 aromatic rings. The number of carbonyl (C=O) groups excluding carboxylic acids is 1. The molecule has 2 rings (SSSR count). The van der Waals surface area contributed by atoms with Gasteiger partial charge >= 0.3 is 0 Å². The number of benzene rings is 2. The monoisotopic (exact) mass is 338 g/mol. The SMILES string of the molecule is CCOc1ccc(/C=C/C(=O)NCC(c2ccccc2)N(C)C)cc1. The summed E-state index contributed by atoms with van der Waals surface area (Å²) >= 11 is 0. The van der Waals surface area contributed by atoms with E-state index in [1.807, 2.05) is 63.5 Å². The third-order valence-electron chi connectivity index (χ3n) is 3.90. The molecule has 1 atom stereocenters. The lowest BCUT2D eigenvalue weighted by molar-refractivity contribution is -0.116. The molecule has 0 aliphatic rings. The van der Waals surface area contributed by atoms with Gasteiger partial charge in [-0.1, -0.05) is 42.5 Å². The summed E-state index contributed by atoms with van der Waals surface area (Å²) in [7, 11) is 4.03. The standard InChI is InChI=1S/C21H26N2O2/c1-4-25-19-13-10-17(11-14-19)12-15-21(24)22-16-20(23(2)3)18-8-6-5-7-9-18/h5-15,20H,4,16H2,1-3H3,(H,22,24)/b15-12+. The number of amides is 1. The Labute approximate surface area is 150 Å². The average molecular weight is 338 g/mol. The maximum Gasteiger partial charge on any atom is 0.244 e. The summed E-state index contributed by atoms with van der Waals surface area (Å²) in [6.45, 7) is 3.16. The van der Waals surface area contributed by atoms with E-state index in [0.717, 1.165) is 11.3 Å². The Kier molecular flexibility index (Phi) is 7.23. The Morgan fingerprint density at radius 3 is 2.40 bits per heavy atom. The highest BCUT2D eigenvalue weighted by atomic mass is 16.5. The molecular formula is C21H26N2O2. The zero-order chi connectivity index (χ0) is 18.1. The minimum atomic E-state index is -0.100. The maximum atomic E-state index is 12.1. The van der Waals surface area contributed by atoms with E-state index < -0.39 is 0 Å². The fourth-order valence-electron chi connectivity index (χ4n) is 2.54. The van der Waals surface area contributed by atoms with E-state index in [9.17, 15) is 4.79 Å². The van der Waals surface area contributed by atoms with Crippen LogP contribution in [0.3, 0.4) is 0 Å². The molecule has 0 radical (unpaired) electrons. The van der Waals surface area contributed by atoms with Crippen molar-refractivity contribution in [3.8, 4) is 5.75 Å². The van der Waals surface area contributed by atoms with E-state index in [2.05, 4.69) is 22.3 Å². The molecule has 4 heteroatoms. The van der Waals surface area contributed by atoms with Gasteiger partial charge in [0.2, 0.25) is 5.91 Å². The van der Waals surface area contributed by atoms with Crippen LogP contribution in [0.4, 0.5) is 0 Å².